The van der Waals surface area contributed by atoms with Crippen molar-refractivity contribution in [1.82, 2.24) is 15.0 Å². The van der Waals surface area contributed by atoms with Crippen LogP contribution in [0.15, 0.2) is 206 Å². The molecule has 2 heterocycles. The van der Waals surface area contributed by atoms with E-state index in [0.717, 1.165) is 61.6 Å². The van der Waals surface area contributed by atoms with E-state index >= 15 is 0 Å². The average Bonchev–Trinajstić information content (AvgIpc) is 3.31. The lowest BCUT2D eigenvalue weighted by atomic mass is 9.63. The van der Waals surface area contributed by atoms with Crippen LogP contribution in [0.1, 0.15) is 22.3 Å². The lowest BCUT2D eigenvalue weighted by molar-refractivity contribution is 0.434. The van der Waals surface area contributed by atoms with E-state index < -0.39 is 5.41 Å². The summed E-state index contributed by atoms with van der Waals surface area (Å²) in [6.45, 7) is 7.41. The molecule has 0 unspecified atom stereocenters. The monoisotopic (exact) mass is 742 g/mol. The lowest BCUT2D eigenvalue weighted by Gasteiger charge is -2.41. The van der Waals surface area contributed by atoms with Gasteiger partial charge in [0.15, 0.2) is 23.2 Å². The van der Waals surface area contributed by atoms with Gasteiger partial charge in [-0.1, -0.05) is 182 Å². The van der Waals surface area contributed by atoms with Gasteiger partial charge in [0.25, 0.3) is 0 Å². The Bertz CT molecular complexity index is 2920. The highest BCUT2D eigenvalue weighted by Crippen LogP contribution is 2.55. The molecule has 0 amide bonds. The van der Waals surface area contributed by atoms with Crippen molar-refractivity contribution in [2.75, 3.05) is 0 Å². The lowest BCUT2D eigenvalue weighted by Crippen LogP contribution is -2.34. The standard InChI is InChI=1S/C53H34N4O/c1-54-45-21-13-16-41(34-45)36-24-28-39(29-25-36)51-55-50(38-14-5-2-6-15-38)56-52(57-51)40-30-26-37(27-31-40)42-32-33-49-47(35-42)53(43-17-7-3-8-18-43,44-19-9-4-10-20-44)46-22-11-12-23-48(46)58-49/h2-35H. The van der Waals surface area contributed by atoms with E-state index in [1.54, 1.807) is 0 Å². The average molecular weight is 743 g/mol. The van der Waals surface area contributed by atoms with Gasteiger partial charge in [-0.05, 0) is 57.6 Å². The molecule has 9 aromatic rings. The first-order valence-electron chi connectivity index (χ1n) is 19.2. The van der Waals surface area contributed by atoms with Crippen molar-refractivity contribution in [3.8, 4) is 67.9 Å². The molecule has 1 aromatic heterocycles. The van der Waals surface area contributed by atoms with Crippen LogP contribution in [-0.2, 0) is 5.41 Å². The predicted molar refractivity (Wildman–Crippen MR) is 232 cm³/mol. The van der Waals surface area contributed by atoms with E-state index in [2.05, 4.69) is 126 Å². The van der Waals surface area contributed by atoms with Crippen molar-refractivity contribution in [3.63, 3.8) is 0 Å². The summed E-state index contributed by atoms with van der Waals surface area (Å²) in [5.74, 6) is 3.47. The first-order valence-corrected chi connectivity index (χ1v) is 19.2. The number of para-hydroxylation sites is 1. The fraction of sp³-hybridized carbons (Fsp3) is 0.0189. The Labute approximate surface area is 337 Å². The van der Waals surface area contributed by atoms with Crippen LogP contribution in [-0.4, -0.2) is 15.0 Å². The third-order valence-corrected chi connectivity index (χ3v) is 10.9. The molecule has 58 heavy (non-hydrogen) atoms. The third kappa shape index (κ3) is 6.10. The molecule has 0 N–H and O–H groups in total. The van der Waals surface area contributed by atoms with Gasteiger partial charge in [0.2, 0.25) is 0 Å². The van der Waals surface area contributed by atoms with Crippen LogP contribution in [0, 0.1) is 6.57 Å². The molecule has 272 valence electrons. The number of hydrogen-bond donors (Lipinski definition) is 0. The summed E-state index contributed by atoms with van der Waals surface area (Å²) < 4.78 is 6.64. The first-order chi connectivity index (χ1) is 28.7. The molecule has 1 aliphatic heterocycles. The van der Waals surface area contributed by atoms with E-state index in [0.29, 0.717) is 23.2 Å². The Morgan fingerprint density at radius 2 is 0.793 bits per heavy atom. The summed E-state index contributed by atoms with van der Waals surface area (Å²) in [6, 6.07) is 70.6. The van der Waals surface area contributed by atoms with Crippen molar-refractivity contribution >= 4 is 5.69 Å². The van der Waals surface area contributed by atoms with Crippen LogP contribution in [0.25, 0.3) is 61.3 Å². The molecule has 0 spiro atoms. The van der Waals surface area contributed by atoms with Gasteiger partial charge in [0, 0.05) is 27.8 Å². The second-order valence-corrected chi connectivity index (χ2v) is 14.3. The smallest absolute Gasteiger partial charge is 0.187 e. The molecule has 0 bridgehead atoms. The summed E-state index contributed by atoms with van der Waals surface area (Å²) in [6.07, 6.45) is 0. The highest BCUT2D eigenvalue weighted by atomic mass is 16.5. The SMILES string of the molecule is [C-]#[N+]c1cccc(-c2ccc(-c3nc(-c4ccccc4)nc(-c4ccc(-c5ccc6c(c5)C(c5ccccc5)(c5ccccc5)c5ccccc5O6)cc4)n3)cc2)c1. The molecule has 1 aliphatic rings. The highest BCUT2D eigenvalue weighted by molar-refractivity contribution is 5.77. The molecule has 5 heteroatoms. The van der Waals surface area contributed by atoms with Crippen molar-refractivity contribution in [2.45, 2.75) is 5.41 Å². The van der Waals surface area contributed by atoms with E-state index in [-0.39, 0.29) is 0 Å². The zero-order valence-electron chi connectivity index (χ0n) is 31.3. The van der Waals surface area contributed by atoms with Crippen LogP contribution < -0.4 is 4.74 Å². The van der Waals surface area contributed by atoms with Gasteiger partial charge >= 0.3 is 0 Å². The van der Waals surface area contributed by atoms with E-state index in [9.17, 15) is 0 Å². The van der Waals surface area contributed by atoms with Gasteiger partial charge < -0.3 is 4.74 Å². The van der Waals surface area contributed by atoms with Gasteiger partial charge in [-0.3, -0.25) is 0 Å². The summed E-state index contributed by atoms with van der Waals surface area (Å²) in [5.41, 5.74) is 11.4. The number of aromatic nitrogens is 3. The molecule has 0 aliphatic carbocycles. The van der Waals surface area contributed by atoms with Gasteiger partial charge in [0.1, 0.15) is 11.5 Å². The Morgan fingerprint density at radius 3 is 1.36 bits per heavy atom. The minimum absolute atomic E-state index is 0.586. The van der Waals surface area contributed by atoms with Crippen LogP contribution in [0.4, 0.5) is 5.69 Å². The van der Waals surface area contributed by atoms with Gasteiger partial charge in [-0.25, -0.2) is 19.8 Å². The second kappa shape index (κ2) is 14.6. The van der Waals surface area contributed by atoms with E-state index in [4.69, 9.17) is 26.3 Å². The maximum atomic E-state index is 7.41. The van der Waals surface area contributed by atoms with Crippen molar-refractivity contribution in [1.29, 1.82) is 0 Å². The quantitative estimate of drug-likeness (QED) is 0.153. The fourth-order valence-corrected chi connectivity index (χ4v) is 8.11. The van der Waals surface area contributed by atoms with Crippen molar-refractivity contribution < 1.29 is 4.74 Å². The first kappa shape index (κ1) is 34.5. The summed E-state index contributed by atoms with van der Waals surface area (Å²) in [7, 11) is 0. The third-order valence-electron chi connectivity index (χ3n) is 10.9. The van der Waals surface area contributed by atoms with Crippen LogP contribution in [0.3, 0.4) is 0 Å². The molecular formula is C53H34N4O. The van der Waals surface area contributed by atoms with Crippen molar-refractivity contribution in [2.24, 2.45) is 0 Å². The number of benzene rings is 8. The Hall–Kier alpha value is -7.94. The summed E-state index contributed by atoms with van der Waals surface area (Å²) >= 11 is 0. The molecule has 5 nitrogen and oxygen atoms in total. The van der Waals surface area contributed by atoms with Crippen molar-refractivity contribution in [3.05, 3.63) is 240 Å². The Morgan fingerprint density at radius 1 is 0.362 bits per heavy atom. The molecule has 10 rings (SSSR count). The van der Waals surface area contributed by atoms with Crippen LogP contribution in [0.5, 0.6) is 11.5 Å². The topological polar surface area (TPSA) is 52.3 Å². The molecular weight excluding hydrogens is 709 g/mol. The van der Waals surface area contributed by atoms with E-state index in [1.807, 2.05) is 84.9 Å². The maximum absolute atomic E-state index is 7.41. The van der Waals surface area contributed by atoms with Gasteiger partial charge in [-0.15, -0.1) is 0 Å². The number of hydrogen-bond acceptors (Lipinski definition) is 4. The number of ether oxygens (including phenoxy) is 1. The zero-order valence-corrected chi connectivity index (χ0v) is 31.3. The van der Waals surface area contributed by atoms with Gasteiger partial charge in [0.05, 0.1) is 12.0 Å². The largest absolute Gasteiger partial charge is 0.457 e. The molecule has 0 radical (unpaired) electrons. The summed E-state index contributed by atoms with van der Waals surface area (Å²) in [5, 5.41) is 0. The Kier molecular flexibility index (Phi) is 8.70. The van der Waals surface area contributed by atoms with Crippen LogP contribution in [0.2, 0.25) is 0 Å². The number of fused-ring (bicyclic) bond motifs is 2. The normalized spacial score (nSPS) is 12.4. The molecule has 0 saturated carbocycles. The molecule has 0 atom stereocenters. The molecule has 8 aromatic carbocycles. The predicted octanol–water partition coefficient (Wildman–Crippen LogP) is 13.2. The Balaban J connectivity index is 1.05. The number of nitrogens with zero attached hydrogens (tertiary/aromatic N) is 4. The zero-order chi connectivity index (χ0) is 38.9. The highest BCUT2D eigenvalue weighted by Gasteiger charge is 2.45. The number of rotatable bonds is 7. The minimum atomic E-state index is -0.599. The molecule has 0 saturated heterocycles. The maximum Gasteiger partial charge on any atom is 0.187 e. The van der Waals surface area contributed by atoms with Gasteiger partial charge in [-0.2, -0.15) is 0 Å². The summed E-state index contributed by atoms with van der Waals surface area (Å²) in [4.78, 5) is 18.5. The minimum Gasteiger partial charge on any atom is -0.457 e. The molecule has 0 fully saturated rings. The fourth-order valence-electron chi connectivity index (χ4n) is 8.11. The van der Waals surface area contributed by atoms with Crippen LogP contribution >= 0.6 is 0 Å². The second-order valence-electron chi connectivity index (χ2n) is 14.3. The van der Waals surface area contributed by atoms with E-state index in [1.165, 1.54) is 11.1 Å².